The maximum Gasteiger partial charge on any atom is 0.452 e. The molecular weight excluding hydrogens is 374 g/mol. The molecule has 0 bridgehead atoms. The van der Waals surface area contributed by atoms with Crippen LogP contribution >= 0.6 is 11.8 Å². The first kappa shape index (κ1) is 18.4. The number of hydrogen-bond acceptors (Lipinski definition) is 5. The molecule has 0 aliphatic carbocycles. The Morgan fingerprint density at radius 1 is 1.31 bits per heavy atom. The summed E-state index contributed by atoms with van der Waals surface area (Å²) in [5.74, 6) is -1.59. The lowest BCUT2D eigenvalue weighted by molar-refractivity contribution is -0.145. The van der Waals surface area contributed by atoms with E-state index in [0.717, 1.165) is 16.5 Å². The molecule has 3 aromatic rings. The topological polar surface area (TPSA) is 72.2 Å². The molecule has 2 heterocycles. The molecule has 0 aliphatic heterocycles. The Morgan fingerprint density at radius 2 is 2.08 bits per heavy atom. The fraction of sp³-hybridized carbons (Fsp3) is 0.333. The molecule has 0 unspecified atom stereocenters. The molecule has 0 fully saturated rings. The van der Waals surface area contributed by atoms with Gasteiger partial charge in [0.25, 0.3) is 0 Å². The average molecular weight is 387 g/mol. The molecule has 26 heavy (non-hydrogen) atoms. The van der Waals surface area contributed by atoms with E-state index in [9.17, 15) is 22.4 Å². The number of amides is 1. The van der Waals surface area contributed by atoms with Crippen molar-refractivity contribution in [2.45, 2.75) is 24.0 Å². The third-order valence-electron chi connectivity index (χ3n) is 3.57. The number of alkyl halides is 3. The van der Waals surface area contributed by atoms with Crippen LogP contribution in [0.15, 0.2) is 23.2 Å². The zero-order chi connectivity index (χ0) is 18.9. The summed E-state index contributed by atoms with van der Waals surface area (Å²) in [7, 11) is 1.53. The van der Waals surface area contributed by atoms with Crippen LogP contribution in [0.2, 0.25) is 0 Å². The van der Waals surface area contributed by atoms with Crippen molar-refractivity contribution in [1.82, 2.24) is 24.9 Å². The van der Waals surface area contributed by atoms with Gasteiger partial charge in [-0.15, -0.1) is 22.0 Å². The van der Waals surface area contributed by atoms with E-state index < -0.39 is 17.8 Å². The summed E-state index contributed by atoms with van der Waals surface area (Å²) in [4.78, 5) is 15.5. The predicted molar refractivity (Wildman–Crippen MR) is 87.3 cm³/mol. The molecule has 11 heteroatoms. The van der Waals surface area contributed by atoms with E-state index in [0.29, 0.717) is 18.6 Å². The number of carbonyl (C=O) groups excluding carboxylic acids is 1. The maximum atomic E-state index is 13.6. The van der Waals surface area contributed by atoms with Crippen molar-refractivity contribution in [3.8, 4) is 0 Å². The van der Waals surface area contributed by atoms with Gasteiger partial charge in [-0.25, -0.2) is 9.37 Å². The molecule has 1 amide bonds. The van der Waals surface area contributed by atoms with Crippen LogP contribution in [-0.2, 0) is 11.0 Å². The third kappa shape index (κ3) is 3.57. The Balaban J connectivity index is 2.05. The van der Waals surface area contributed by atoms with E-state index in [1.54, 1.807) is 0 Å². The Kier molecular flexibility index (Phi) is 4.99. The van der Waals surface area contributed by atoms with Crippen molar-refractivity contribution in [2.24, 2.45) is 0 Å². The minimum absolute atomic E-state index is 0.0629. The molecule has 6 nitrogen and oxygen atoms in total. The van der Waals surface area contributed by atoms with Crippen molar-refractivity contribution in [3.63, 3.8) is 0 Å². The van der Waals surface area contributed by atoms with Crippen LogP contribution in [0.3, 0.4) is 0 Å². The van der Waals surface area contributed by atoms with Gasteiger partial charge in [-0.1, -0.05) is 0 Å². The number of hydrogen-bond donors (Lipinski definition) is 1. The van der Waals surface area contributed by atoms with Crippen molar-refractivity contribution in [3.05, 3.63) is 29.8 Å². The summed E-state index contributed by atoms with van der Waals surface area (Å²) in [5, 5.41) is 9.56. The first-order valence-corrected chi connectivity index (χ1v) is 8.55. The van der Waals surface area contributed by atoms with Crippen molar-refractivity contribution >= 4 is 34.3 Å². The van der Waals surface area contributed by atoms with Gasteiger partial charge in [0.2, 0.25) is 11.7 Å². The minimum Gasteiger partial charge on any atom is -0.359 e. The van der Waals surface area contributed by atoms with Gasteiger partial charge in [0.05, 0.1) is 11.0 Å². The molecule has 0 aliphatic rings. The zero-order valence-electron chi connectivity index (χ0n) is 13.5. The van der Waals surface area contributed by atoms with Crippen molar-refractivity contribution in [2.75, 3.05) is 12.8 Å². The summed E-state index contributed by atoms with van der Waals surface area (Å²) in [6, 6.07) is 3.39. The van der Waals surface area contributed by atoms with Crippen LogP contribution < -0.4 is 5.32 Å². The standard InChI is InChI=1S/C15H13F4N5OS/c1-20-11(25)3-2-6-26-13-12-22-23-14(15(17,18)19)24(12)10-7-8(16)4-5-9(10)21-13/h4-5,7H,2-3,6H2,1H3,(H,20,25). The van der Waals surface area contributed by atoms with E-state index in [4.69, 9.17) is 0 Å². The largest absolute Gasteiger partial charge is 0.452 e. The Morgan fingerprint density at radius 3 is 2.77 bits per heavy atom. The number of nitrogens with one attached hydrogen (secondary N) is 1. The molecule has 138 valence electrons. The molecule has 2 aromatic heterocycles. The number of carbonyl (C=O) groups is 1. The number of thioether (sulfide) groups is 1. The maximum absolute atomic E-state index is 13.6. The van der Waals surface area contributed by atoms with Gasteiger partial charge in [-0.05, 0) is 18.6 Å². The molecule has 0 radical (unpaired) electrons. The molecule has 1 aromatic carbocycles. The smallest absolute Gasteiger partial charge is 0.359 e. The number of halogens is 4. The third-order valence-corrected chi connectivity index (χ3v) is 4.61. The molecule has 0 saturated heterocycles. The van der Waals surface area contributed by atoms with Crippen LogP contribution in [-0.4, -0.2) is 38.3 Å². The lowest BCUT2D eigenvalue weighted by atomic mass is 10.3. The van der Waals surface area contributed by atoms with Crippen molar-refractivity contribution < 1.29 is 22.4 Å². The summed E-state index contributed by atoms with van der Waals surface area (Å²) in [5.41, 5.74) is 0.0328. The highest BCUT2D eigenvalue weighted by Gasteiger charge is 2.38. The SMILES string of the molecule is CNC(=O)CCCSc1nc2ccc(F)cc2n2c(C(F)(F)F)nnc12. The first-order chi connectivity index (χ1) is 12.3. The summed E-state index contributed by atoms with van der Waals surface area (Å²) in [6.45, 7) is 0. The minimum atomic E-state index is -4.75. The fourth-order valence-electron chi connectivity index (χ4n) is 2.39. The van der Waals surface area contributed by atoms with Crippen LogP contribution in [0, 0.1) is 5.82 Å². The van der Waals surface area contributed by atoms with Crippen LogP contribution in [0.4, 0.5) is 17.6 Å². The van der Waals surface area contributed by atoms with Gasteiger partial charge in [0.1, 0.15) is 10.8 Å². The fourth-order valence-corrected chi connectivity index (χ4v) is 3.29. The second-order valence-electron chi connectivity index (χ2n) is 5.36. The Labute approximate surface area is 149 Å². The number of nitrogens with zero attached hydrogens (tertiary/aromatic N) is 4. The van der Waals surface area contributed by atoms with Crippen LogP contribution in [0.5, 0.6) is 0 Å². The van der Waals surface area contributed by atoms with Gasteiger partial charge < -0.3 is 5.32 Å². The highest BCUT2D eigenvalue weighted by Crippen LogP contribution is 2.33. The Bertz CT molecular complexity index is 972. The van der Waals surface area contributed by atoms with E-state index in [2.05, 4.69) is 20.5 Å². The quantitative estimate of drug-likeness (QED) is 0.414. The second-order valence-corrected chi connectivity index (χ2v) is 6.44. The zero-order valence-corrected chi connectivity index (χ0v) is 14.3. The van der Waals surface area contributed by atoms with Gasteiger partial charge >= 0.3 is 6.18 Å². The predicted octanol–water partition coefficient (Wildman–Crippen LogP) is 3.05. The number of aromatic nitrogens is 4. The molecule has 0 saturated carbocycles. The normalized spacial score (nSPS) is 12.0. The number of benzene rings is 1. The molecule has 1 N–H and O–H groups in total. The average Bonchev–Trinajstić information content (AvgIpc) is 3.04. The van der Waals surface area contributed by atoms with E-state index in [-0.39, 0.29) is 27.6 Å². The molecular formula is C15H13F4N5OS. The summed E-state index contributed by atoms with van der Waals surface area (Å²) in [6.07, 6.45) is -3.94. The highest BCUT2D eigenvalue weighted by molar-refractivity contribution is 7.99. The number of rotatable bonds is 5. The second kappa shape index (κ2) is 7.06. The van der Waals surface area contributed by atoms with E-state index >= 15 is 0 Å². The highest BCUT2D eigenvalue weighted by atomic mass is 32.2. The number of fused-ring (bicyclic) bond motifs is 3. The summed E-state index contributed by atoms with van der Waals surface area (Å²) < 4.78 is 54.1. The first-order valence-electron chi connectivity index (χ1n) is 7.56. The van der Waals surface area contributed by atoms with E-state index in [1.165, 1.54) is 24.9 Å². The van der Waals surface area contributed by atoms with E-state index in [1.807, 2.05) is 0 Å². The summed E-state index contributed by atoms with van der Waals surface area (Å²) >= 11 is 1.17. The van der Waals surface area contributed by atoms with Crippen LogP contribution in [0.25, 0.3) is 16.7 Å². The molecule has 0 spiro atoms. The van der Waals surface area contributed by atoms with Gasteiger partial charge in [-0.3, -0.25) is 9.20 Å². The van der Waals surface area contributed by atoms with Crippen LogP contribution in [0.1, 0.15) is 18.7 Å². The lowest BCUT2D eigenvalue weighted by Crippen LogP contribution is -2.17. The lowest BCUT2D eigenvalue weighted by Gasteiger charge is -2.10. The van der Waals surface area contributed by atoms with Gasteiger partial charge in [0.15, 0.2) is 5.65 Å². The van der Waals surface area contributed by atoms with Gasteiger partial charge in [-0.2, -0.15) is 13.2 Å². The monoisotopic (exact) mass is 387 g/mol. The van der Waals surface area contributed by atoms with Crippen molar-refractivity contribution in [1.29, 1.82) is 0 Å². The Hall–Kier alpha value is -2.43. The van der Waals surface area contributed by atoms with Gasteiger partial charge in [0, 0.05) is 25.3 Å². The molecule has 0 atom stereocenters. The molecule has 3 rings (SSSR count).